The van der Waals surface area contributed by atoms with Crippen LogP contribution in [-0.2, 0) is 4.79 Å². The summed E-state index contributed by atoms with van der Waals surface area (Å²) >= 11 is 1.09. The summed E-state index contributed by atoms with van der Waals surface area (Å²) in [6.07, 6.45) is 1.51. The third kappa shape index (κ3) is 4.86. The van der Waals surface area contributed by atoms with E-state index in [0.29, 0.717) is 5.03 Å². The number of pyridine rings is 1. The number of nitrogens with zero attached hydrogens (tertiary/aromatic N) is 2. The highest BCUT2D eigenvalue weighted by molar-refractivity contribution is 8.00. The second-order valence-corrected chi connectivity index (χ2v) is 6.46. The Morgan fingerprint density at radius 2 is 1.52 bits per heavy atom. The molecule has 0 unspecified atom stereocenters. The lowest BCUT2D eigenvalue weighted by Crippen LogP contribution is -2.40. The maximum Gasteiger partial charge on any atom is 0.338 e. The van der Waals surface area contributed by atoms with Crippen LogP contribution in [0.15, 0.2) is 84.0 Å². The first-order valence-electron chi connectivity index (χ1n) is 8.16. The maximum atomic E-state index is 12.5. The van der Waals surface area contributed by atoms with Crippen molar-refractivity contribution in [2.45, 2.75) is 5.03 Å². The van der Waals surface area contributed by atoms with Gasteiger partial charge in [-0.15, -0.1) is 0 Å². The molecule has 1 heterocycles. The molecule has 7 heteroatoms. The molecule has 3 aromatic rings. The topological polar surface area (TPSA) is 82.5 Å². The molecule has 0 saturated heterocycles. The van der Waals surface area contributed by atoms with Gasteiger partial charge in [-0.2, -0.15) is 0 Å². The average molecular weight is 379 g/mol. The zero-order chi connectivity index (χ0) is 19.1. The van der Waals surface area contributed by atoms with Gasteiger partial charge in [0.1, 0.15) is 5.03 Å². The van der Waals surface area contributed by atoms with Crippen molar-refractivity contribution in [2.24, 2.45) is 0 Å². The highest BCUT2D eigenvalue weighted by Crippen LogP contribution is 2.23. The van der Waals surface area contributed by atoms with E-state index < -0.39 is 5.97 Å². The summed E-state index contributed by atoms with van der Waals surface area (Å²) in [5.41, 5.74) is 4.57. The van der Waals surface area contributed by atoms with Gasteiger partial charge in [-0.1, -0.05) is 48.2 Å². The lowest BCUT2D eigenvalue weighted by molar-refractivity contribution is -0.118. The predicted octanol–water partition coefficient (Wildman–Crippen LogP) is 3.74. The molecule has 0 aliphatic carbocycles. The van der Waals surface area contributed by atoms with Gasteiger partial charge in [0.2, 0.25) is 5.91 Å². The Hall–Kier alpha value is -3.32. The van der Waals surface area contributed by atoms with Gasteiger partial charge in [-0.25, -0.2) is 9.78 Å². The summed E-state index contributed by atoms with van der Waals surface area (Å²) in [5, 5.41) is 11.2. The van der Waals surface area contributed by atoms with Crippen molar-refractivity contribution in [2.75, 3.05) is 10.8 Å². The molecule has 2 aromatic carbocycles. The first-order chi connectivity index (χ1) is 13.1. The number of carbonyl (C=O) groups is 2. The molecule has 0 aliphatic heterocycles. The molecule has 3 rings (SSSR count). The molecule has 0 spiro atoms. The summed E-state index contributed by atoms with van der Waals surface area (Å²) in [5.74, 6) is -1.30. The quantitative estimate of drug-likeness (QED) is 0.481. The molecule has 0 saturated carbocycles. The lowest BCUT2D eigenvalue weighted by atomic mass is 10.2. The number of aromatic carboxylic acids is 1. The van der Waals surface area contributed by atoms with Crippen LogP contribution in [0.1, 0.15) is 10.4 Å². The number of amides is 1. The van der Waals surface area contributed by atoms with E-state index in [1.54, 1.807) is 11.1 Å². The Morgan fingerprint density at radius 3 is 2.07 bits per heavy atom. The molecule has 27 heavy (non-hydrogen) atoms. The Bertz CT molecular complexity index is 881. The summed E-state index contributed by atoms with van der Waals surface area (Å²) in [6, 6.07) is 21.9. The van der Waals surface area contributed by atoms with Crippen LogP contribution in [-0.4, -0.2) is 27.7 Å². The summed E-state index contributed by atoms with van der Waals surface area (Å²) in [7, 11) is 0. The van der Waals surface area contributed by atoms with E-state index in [9.17, 15) is 14.7 Å². The number of para-hydroxylation sites is 2. The largest absolute Gasteiger partial charge is 0.478 e. The van der Waals surface area contributed by atoms with Gasteiger partial charge >= 0.3 is 5.97 Å². The number of aromatic nitrogens is 1. The van der Waals surface area contributed by atoms with Crippen molar-refractivity contribution < 1.29 is 14.7 Å². The molecule has 6 nitrogen and oxygen atoms in total. The van der Waals surface area contributed by atoms with Crippen LogP contribution >= 0.6 is 11.8 Å². The van der Waals surface area contributed by atoms with Gasteiger partial charge in [-0.3, -0.25) is 15.2 Å². The van der Waals surface area contributed by atoms with Gasteiger partial charge in [0.05, 0.1) is 22.7 Å². The number of thioether (sulfide) groups is 1. The molecule has 136 valence electrons. The highest BCUT2D eigenvalue weighted by atomic mass is 32.2. The second kappa shape index (κ2) is 8.86. The number of carboxylic acids is 1. The van der Waals surface area contributed by atoms with Crippen LogP contribution in [0.2, 0.25) is 0 Å². The van der Waals surface area contributed by atoms with E-state index in [1.165, 1.54) is 12.3 Å². The predicted molar refractivity (Wildman–Crippen MR) is 105 cm³/mol. The van der Waals surface area contributed by atoms with Crippen LogP contribution < -0.4 is 10.4 Å². The summed E-state index contributed by atoms with van der Waals surface area (Å²) in [4.78, 5) is 27.8. The third-order valence-corrected chi connectivity index (χ3v) is 4.61. The average Bonchev–Trinajstić information content (AvgIpc) is 2.72. The SMILES string of the molecule is O=C(CSc1ncccc1C(=O)O)NN(c1ccccc1)c1ccccc1. The van der Waals surface area contributed by atoms with E-state index in [4.69, 9.17) is 0 Å². The van der Waals surface area contributed by atoms with Crippen LogP contribution in [0.4, 0.5) is 11.4 Å². The molecule has 0 aliphatic rings. The molecule has 1 amide bonds. The van der Waals surface area contributed by atoms with Crippen molar-refractivity contribution in [3.8, 4) is 0 Å². The van der Waals surface area contributed by atoms with E-state index in [2.05, 4.69) is 10.4 Å². The van der Waals surface area contributed by atoms with Crippen molar-refractivity contribution >= 4 is 35.0 Å². The van der Waals surface area contributed by atoms with Crippen molar-refractivity contribution in [3.05, 3.63) is 84.6 Å². The van der Waals surface area contributed by atoms with E-state index in [1.807, 2.05) is 60.7 Å². The van der Waals surface area contributed by atoms with Gasteiger partial charge in [0.25, 0.3) is 0 Å². The smallest absolute Gasteiger partial charge is 0.338 e. The van der Waals surface area contributed by atoms with E-state index >= 15 is 0 Å². The number of hydrogen-bond donors (Lipinski definition) is 2. The maximum absolute atomic E-state index is 12.5. The minimum atomic E-state index is -1.07. The Kier molecular flexibility index (Phi) is 6.06. The van der Waals surface area contributed by atoms with Crippen LogP contribution in [0.25, 0.3) is 0 Å². The van der Waals surface area contributed by atoms with E-state index in [0.717, 1.165) is 23.1 Å². The molecular weight excluding hydrogens is 362 g/mol. The fraction of sp³-hybridized carbons (Fsp3) is 0.0500. The van der Waals surface area contributed by atoms with Gasteiger partial charge in [0.15, 0.2) is 0 Å². The summed E-state index contributed by atoms with van der Waals surface area (Å²) in [6.45, 7) is 0. The fourth-order valence-corrected chi connectivity index (χ4v) is 3.17. The molecule has 0 bridgehead atoms. The third-order valence-electron chi connectivity index (χ3n) is 3.61. The number of nitrogens with one attached hydrogen (secondary N) is 1. The van der Waals surface area contributed by atoms with Crippen molar-refractivity contribution in [1.82, 2.24) is 10.4 Å². The van der Waals surface area contributed by atoms with Crippen molar-refractivity contribution in [1.29, 1.82) is 0 Å². The minimum absolute atomic E-state index is 0.0352. The van der Waals surface area contributed by atoms with E-state index in [-0.39, 0.29) is 17.2 Å². The number of anilines is 2. The molecule has 2 N–H and O–H groups in total. The number of benzene rings is 2. The Labute approximate surface area is 160 Å². The Balaban J connectivity index is 1.73. The lowest BCUT2D eigenvalue weighted by Gasteiger charge is -2.25. The monoisotopic (exact) mass is 379 g/mol. The van der Waals surface area contributed by atoms with Crippen LogP contribution in [0, 0.1) is 0 Å². The number of rotatable bonds is 7. The zero-order valence-corrected chi connectivity index (χ0v) is 15.1. The van der Waals surface area contributed by atoms with Crippen molar-refractivity contribution in [3.63, 3.8) is 0 Å². The molecule has 0 fully saturated rings. The van der Waals surface area contributed by atoms with Gasteiger partial charge < -0.3 is 5.11 Å². The normalized spacial score (nSPS) is 10.2. The first kappa shape index (κ1) is 18.5. The zero-order valence-electron chi connectivity index (χ0n) is 14.3. The van der Waals surface area contributed by atoms with Crippen LogP contribution in [0.5, 0.6) is 0 Å². The first-order valence-corrected chi connectivity index (χ1v) is 9.14. The standard InChI is InChI=1S/C20H17N3O3S/c24-18(14-27-19-17(20(25)26)12-7-13-21-19)22-23(15-8-3-1-4-9-15)16-10-5-2-6-11-16/h1-13H,14H2,(H,22,24)(H,25,26). The molecule has 1 aromatic heterocycles. The highest BCUT2D eigenvalue weighted by Gasteiger charge is 2.15. The minimum Gasteiger partial charge on any atom is -0.478 e. The molecule has 0 radical (unpaired) electrons. The molecule has 0 atom stereocenters. The van der Waals surface area contributed by atoms with Gasteiger partial charge in [-0.05, 0) is 36.4 Å². The number of hydrogen-bond acceptors (Lipinski definition) is 5. The number of carboxylic acid groups (broad SMARTS) is 1. The van der Waals surface area contributed by atoms with Crippen LogP contribution in [0.3, 0.4) is 0 Å². The molecular formula is C20H17N3O3S. The fourth-order valence-electron chi connectivity index (χ4n) is 2.39. The number of carbonyl (C=O) groups excluding carboxylic acids is 1. The number of hydrazine groups is 1. The van der Waals surface area contributed by atoms with Gasteiger partial charge in [0, 0.05) is 6.20 Å². The second-order valence-electron chi connectivity index (χ2n) is 5.49. The summed E-state index contributed by atoms with van der Waals surface area (Å²) < 4.78 is 0. The Morgan fingerprint density at radius 1 is 0.926 bits per heavy atom.